The summed E-state index contributed by atoms with van der Waals surface area (Å²) in [4.78, 5) is 24.3. The summed E-state index contributed by atoms with van der Waals surface area (Å²) in [5.41, 5.74) is 5.77. The van der Waals surface area contributed by atoms with E-state index in [0.29, 0.717) is 18.7 Å². The fourth-order valence-corrected chi connectivity index (χ4v) is 5.19. The molecule has 0 fully saturated rings. The van der Waals surface area contributed by atoms with Crippen LogP contribution in [0.4, 0.5) is 0 Å². The number of aromatic hydroxyl groups is 1. The van der Waals surface area contributed by atoms with Gasteiger partial charge in [-0.05, 0) is 47.8 Å². The molecule has 0 amide bonds. The number of hydrogen-bond donors (Lipinski definition) is 2. The van der Waals surface area contributed by atoms with Crippen LogP contribution in [0.2, 0.25) is 0 Å². The Kier molecular flexibility index (Phi) is 4.23. The molecular weight excluding hydrogens is 472 g/mol. The van der Waals surface area contributed by atoms with Crippen LogP contribution in [0, 0.1) is 6.92 Å². The molecule has 0 spiro atoms. The fraction of sp³-hybridized carbons (Fsp3) is 0.217. The fourth-order valence-electron chi connectivity index (χ4n) is 4.61. The summed E-state index contributed by atoms with van der Waals surface area (Å²) in [7, 11) is 0. The Morgan fingerprint density at radius 3 is 2.97 bits per heavy atom. The summed E-state index contributed by atoms with van der Waals surface area (Å²) < 4.78 is 4.33. The number of rotatable bonds is 2. The number of hydrogen-bond acceptors (Lipinski definition) is 5. The average Bonchev–Trinajstić information content (AvgIpc) is 3.36. The molecule has 1 aliphatic heterocycles. The SMILES string of the molecule is Cc1c(Br)c(C2CCc3c(O)[nH]c(=O)n3C2)nc2c(-c3cnc4ccccc4c3)cnn12. The number of halogens is 1. The Balaban J connectivity index is 1.49. The molecule has 2 N–H and O–H groups in total. The van der Waals surface area contributed by atoms with Gasteiger partial charge in [-0.3, -0.25) is 14.5 Å². The van der Waals surface area contributed by atoms with E-state index in [1.54, 1.807) is 4.57 Å². The molecule has 0 saturated carbocycles. The van der Waals surface area contributed by atoms with E-state index in [-0.39, 0.29) is 17.5 Å². The van der Waals surface area contributed by atoms with Gasteiger partial charge >= 0.3 is 5.69 Å². The molecule has 6 rings (SSSR count). The van der Waals surface area contributed by atoms with Crippen LogP contribution in [0.1, 0.15) is 29.4 Å². The molecule has 1 atom stereocenters. The smallest absolute Gasteiger partial charge is 0.328 e. The maximum atomic E-state index is 12.2. The number of aromatic amines is 1. The molecule has 9 heteroatoms. The van der Waals surface area contributed by atoms with Gasteiger partial charge < -0.3 is 5.11 Å². The number of nitrogens with zero attached hydrogens (tertiary/aromatic N) is 5. The van der Waals surface area contributed by atoms with Crippen LogP contribution in [-0.2, 0) is 13.0 Å². The number of pyridine rings is 1. The molecule has 32 heavy (non-hydrogen) atoms. The number of para-hydroxylation sites is 1. The van der Waals surface area contributed by atoms with Crippen molar-refractivity contribution >= 4 is 32.5 Å². The highest BCUT2D eigenvalue weighted by atomic mass is 79.9. The normalized spacial score (nSPS) is 16.0. The summed E-state index contributed by atoms with van der Waals surface area (Å²) in [5, 5.41) is 15.6. The zero-order valence-electron chi connectivity index (χ0n) is 17.2. The summed E-state index contributed by atoms with van der Waals surface area (Å²) in [6, 6.07) is 10.1. The lowest BCUT2D eigenvalue weighted by atomic mass is 9.94. The monoisotopic (exact) mass is 490 g/mol. The van der Waals surface area contributed by atoms with E-state index in [1.165, 1.54) is 0 Å². The van der Waals surface area contributed by atoms with Gasteiger partial charge in [-0.15, -0.1) is 0 Å². The lowest BCUT2D eigenvalue weighted by Crippen LogP contribution is -2.27. The first kappa shape index (κ1) is 19.2. The van der Waals surface area contributed by atoms with Crippen LogP contribution in [0.3, 0.4) is 0 Å². The Morgan fingerprint density at radius 2 is 2.09 bits per heavy atom. The number of aryl methyl sites for hydroxylation is 1. The molecule has 0 saturated heterocycles. The van der Waals surface area contributed by atoms with Crippen molar-refractivity contribution in [2.24, 2.45) is 0 Å². The minimum atomic E-state index is -0.289. The average molecular weight is 491 g/mol. The van der Waals surface area contributed by atoms with E-state index in [9.17, 15) is 9.90 Å². The predicted octanol–water partition coefficient (Wildman–Crippen LogP) is 3.94. The van der Waals surface area contributed by atoms with Crippen LogP contribution in [-0.4, -0.2) is 34.2 Å². The van der Waals surface area contributed by atoms with Crippen LogP contribution in [0.25, 0.3) is 27.7 Å². The van der Waals surface area contributed by atoms with Gasteiger partial charge in [0.05, 0.1) is 33.3 Å². The first-order valence-electron chi connectivity index (χ1n) is 10.4. The van der Waals surface area contributed by atoms with Crippen molar-refractivity contribution < 1.29 is 5.11 Å². The molecule has 1 aromatic carbocycles. The summed E-state index contributed by atoms with van der Waals surface area (Å²) in [5.74, 6) is -0.0000541. The van der Waals surface area contributed by atoms with Crippen molar-refractivity contribution in [1.29, 1.82) is 0 Å². The lowest BCUT2D eigenvalue weighted by molar-refractivity contribution is 0.413. The molecule has 0 radical (unpaired) electrons. The van der Waals surface area contributed by atoms with Crippen molar-refractivity contribution in [3.63, 3.8) is 0 Å². The van der Waals surface area contributed by atoms with E-state index < -0.39 is 0 Å². The Morgan fingerprint density at radius 1 is 1.25 bits per heavy atom. The molecule has 1 aliphatic rings. The third kappa shape index (κ3) is 2.81. The van der Waals surface area contributed by atoms with Crippen LogP contribution < -0.4 is 5.69 Å². The second-order valence-electron chi connectivity index (χ2n) is 8.18. The second kappa shape index (κ2) is 7.03. The number of imidazole rings is 1. The van der Waals surface area contributed by atoms with Crippen molar-refractivity contribution in [2.45, 2.75) is 32.2 Å². The van der Waals surface area contributed by atoms with E-state index in [2.05, 4.69) is 37.1 Å². The van der Waals surface area contributed by atoms with Crippen molar-refractivity contribution in [3.05, 3.63) is 74.8 Å². The third-order valence-electron chi connectivity index (χ3n) is 6.32. The molecule has 8 nitrogen and oxygen atoms in total. The van der Waals surface area contributed by atoms with Gasteiger partial charge in [-0.1, -0.05) is 18.2 Å². The van der Waals surface area contributed by atoms with Crippen LogP contribution in [0.5, 0.6) is 5.88 Å². The Hall–Kier alpha value is -3.46. The van der Waals surface area contributed by atoms with Gasteiger partial charge in [0.15, 0.2) is 5.65 Å². The Labute approximate surface area is 190 Å². The molecule has 4 aromatic heterocycles. The van der Waals surface area contributed by atoms with Crippen molar-refractivity contribution in [1.82, 2.24) is 29.1 Å². The highest BCUT2D eigenvalue weighted by Crippen LogP contribution is 2.36. The molecule has 160 valence electrons. The highest BCUT2D eigenvalue weighted by Gasteiger charge is 2.28. The van der Waals surface area contributed by atoms with Gasteiger partial charge in [0.25, 0.3) is 0 Å². The zero-order valence-corrected chi connectivity index (χ0v) is 18.8. The van der Waals surface area contributed by atoms with Crippen molar-refractivity contribution in [3.8, 4) is 17.0 Å². The highest BCUT2D eigenvalue weighted by molar-refractivity contribution is 9.10. The second-order valence-corrected chi connectivity index (χ2v) is 8.97. The number of aromatic nitrogens is 6. The van der Waals surface area contributed by atoms with Gasteiger partial charge in [0.2, 0.25) is 5.88 Å². The molecule has 5 aromatic rings. The summed E-state index contributed by atoms with van der Waals surface area (Å²) in [6.07, 6.45) is 5.07. The molecule has 0 bridgehead atoms. The van der Waals surface area contributed by atoms with Gasteiger partial charge in [-0.2, -0.15) is 5.10 Å². The maximum absolute atomic E-state index is 12.2. The van der Waals surface area contributed by atoms with E-state index in [1.807, 2.05) is 48.1 Å². The first-order chi connectivity index (χ1) is 15.5. The maximum Gasteiger partial charge on any atom is 0.328 e. The summed E-state index contributed by atoms with van der Waals surface area (Å²) in [6.45, 7) is 2.47. The van der Waals surface area contributed by atoms with Crippen molar-refractivity contribution in [2.75, 3.05) is 0 Å². The largest absolute Gasteiger partial charge is 0.493 e. The third-order valence-corrected chi connectivity index (χ3v) is 7.30. The quantitative estimate of drug-likeness (QED) is 0.390. The minimum Gasteiger partial charge on any atom is -0.493 e. The zero-order chi connectivity index (χ0) is 22.0. The number of fused-ring (bicyclic) bond motifs is 3. The van der Waals surface area contributed by atoms with Crippen LogP contribution >= 0.6 is 15.9 Å². The topological polar surface area (TPSA) is 101 Å². The first-order valence-corrected chi connectivity index (χ1v) is 11.2. The van der Waals surface area contributed by atoms with Gasteiger partial charge in [0.1, 0.15) is 0 Å². The molecule has 5 heterocycles. The number of nitrogens with one attached hydrogen (secondary N) is 1. The number of H-pyrrole nitrogens is 1. The molecule has 0 aliphatic carbocycles. The number of benzene rings is 1. The van der Waals surface area contributed by atoms with E-state index in [4.69, 9.17) is 4.98 Å². The van der Waals surface area contributed by atoms with E-state index in [0.717, 1.165) is 50.0 Å². The Bertz CT molecular complexity index is 1580. The molecule has 1 unspecified atom stereocenters. The minimum absolute atomic E-state index is 0.0333. The predicted molar refractivity (Wildman–Crippen MR) is 124 cm³/mol. The van der Waals surface area contributed by atoms with Gasteiger partial charge in [0, 0.05) is 35.2 Å². The van der Waals surface area contributed by atoms with Crippen LogP contribution in [0.15, 0.2) is 52.0 Å². The lowest BCUT2D eigenvalue weighted by Gasteiger charge is -2.24. The standard InChI is InChI=1S/C23H19BrN6O2/c1-12-19(24)20(14-6-7-18-22(31)28-23(32)29(18)11-14)27-21-16(10-26-30(12)21)15-8-13-4-2-3-5-17(13)25-9-15/h2-5,8-10,14,31H,6-7,11H2,1H3,(H,28,32). The summed E-state index contributed by atoms with van der Waals surface area (Å²) >= 11 is 3.72. The molecular formula is C23H19BrN6O2. The van der Waals surface area contributed by atoms with E-state index >= 15 is 0 Å². The van der Waals surface area contributed by atoms with Gasteiger partial charge in [-0.25, -0.2) is 14.3 Å².